The zero-order valence-corrected chi connectivity index (χ0v) is 17.7. The third-order valence-corrected chi connectivity index (χ3v) is 8.55. The summed E-state index contributed by atoms with van der Waals surface area (Å²) in [7, 11) is 0. The number of hydrogen-bond donors (Lipinski definition) is 1. The molecular formula is C17H23N3O6S2. The monoisotopic (exact) mass is 429 g/mol. The van der Waals surface area contributed by atoms with E-state index in [1.807, 2.05) is 27.7 Å². The number of esters is 2. The maximum atomic E-state index is 12.6. The number of carbonyl (C=O) groups is 4. The van der Waals surface area contributed by atoms with E-state index in [2.05, 4.69) is 0 Å². The van der Waals surface area contributed by atoms with Crippen LogP contribution in [-0.4, -0.2) is 72.3 Å². The highest BCUT2D eigenvalue weighted by molar-refractivity contribution is 8.01. The van der Waals surface area contributed by atoms with Crippen LogP contribution in [0.1, 0.15) is 40.5 Å². The van der Waals surface area contributed by atoms with Crippen LogP contribution in [0.15, 0.2) is 0 Å². The van der Waals surface area contributed by atoms with Gasteiger partial charge in [-0.1, -0.05) is 0 Å². The van der Waals surface area contributed by atoms with Crippen LogP contribution in [0, 0.1) is 0 Å². The van der Waals surface area contributed by atoms with E-state index in [1.54, 1.807) is 0 Å². The summed E-state index contributed by atoms with van der Waals surface area (Å²) in [5.41, 5.74) is 5.75. The van der Waals surface area contributed by atoms with Crippen molar-refractivity contribution < 1.29 is 28.7 Å². The first-order chi connectivity index (χ1) is 12.9. The number of nitrogens with zero attached hydrogens (tertiary/aromatic N) is 2. The Morgan fingerprint density at radius 3 is 1.61 bits per heavy atom. The molecule has 4 heterocycles. The van der Waals surface area contributed by atoms with E-state index in [9.17, 15) is 19.2 Å². The zero-order chi connectivity index (χ0) is 20.6. The van der Waals surface area contributed by atoms with E-state index >= 15 is 0 Å². The van der Waals surface area contributed by atoms with Crippen molar-refractivity contribution in [3.63, 3.8) is 0 Å². The van der Waals surface area contributed by atoms with E-state index in [4.69, 9.17) is 15.2 Å². The fourth-order valence-corrected chi connectivity index (χ4v) is 7.53. The van der Waals surface area contributed by atoms with Gasteiger partial charge in [-0.2, -0.15) is 0 Å². The normalized spacial score (nSPS) is 34.5. The number of rotatable bonds is 4. The SMILES string of the molecule is CC1(C)S[C@@H]2CC(=O)N2[C@H]1C(=O)OC(N)OC(=O)[C@@H]1N2C(=O)C[C@H]2SC1(C)C. The molecule has 0 aromatic heterocycles. The summed E-state index contributed by atoms with van der Waals surface area (Å²) in [6, 6.07) is -1.57. The van der Waals surface area contributed by atoms with E-state index in [1.165, 1.54) is 33.3 Å². The van der Waals surface area contributed by atoms with Gasteiger partial charge in [0.05, 0.1) is 23.6 Å². The van der Waals surface area contributed by atoms with Crippen molar-refractivity contribution in [3.05, 3.63) is 0 Å². The molecule has 0 bridgehead atoms. The molecule has 4 rings (SSSR count). The summed E-state index contributed by atoms with van der Waals surface area (Å²) in [5, 5.41) is -0.0750. The largest absolute Gasteiger partial charge is 0.410 e. The Labute approximate surface area is 171 Å². The minimum Gasteiger partial charge on any atom is -0.410 e. The molecule has 11 heteroatoms. The van der Waals surface area contributed by atoms with Crippen LogP contribution in [0.3, 0.4) is 0 Å². The first-order valence-electron chi connectivity index (χ1n) is 9.07. The summed E-state index contributed by atoms with van der Waals surface area (Å²) >= 11 is 3.07. The summed E-state index contributed by atoms with van der Waals surface area (Å²) in [6.07, 6.45) is -0.802. The summed E-state index contributed by atoms with van der Waals surface area (Å²) in [5.74, 6) is -1.62. The van der Waals surface area contributed by atoms with Crippen molar-refractivity contribution in [1.82, 2.24) is 9.80 Å². The maximum Gasteiger partial charge on any atom is 0.334 e. The molecule has 154 valence electrons. The van der Waals surface area contributed by atoms with E-state index in [0.29, 0.717) is 12.8 Å². The Balaban J connectivity index is 1.40. The lowest BCUT2D eigenvalue weighted by Crippen LogP contribution is -2.59. The zero-order valence-electron chi connectivity index (χ0n) is 16.0. The molecule has 0 aromatic carbocycles. The molecular weight excluding hydrogens is 406 g/mol. The van der Waals surface area contributed by atoms with Crippen LogP contribution < -0.4 is 5.73 Å². The second-order valence-electron chi connectivity index (χ2n) is 8.41. The number of carbonyl (C=O) groups excluding carboxylic acids is 4. The Bertz CT molecular complexity index is 710. The van der Waals surface area contributed by atoms with Crippen LogP contribution in [0.25, 0.3) is 0 Å². The fraction of sp³-hybridized carbons (Fsp3) is 0.765. The van der Waals surface area contributed by atoms with Gasteiger partial charge < -0.3 is 19.3 Å². The van der Waals surface area contributed by atoms with Crippen LogP contribution >= 0.6 is 23.5 Å². The minimum absolute atomic E-state index is 0.0375. The first kappa shape index (κ1) is 19.8. The lowest BCUT2D eigenvalue weighted by molar-refractivity contribution is -0.198. The third-order valence-electron chi connectivity index (χ3n) is 5.56. The predicted octanol–water partition coefficient (Wildman–Crippen LogP) is 0.220. The van der Waals surface area contributed by atoms with Crippen molar-refractivity contribution in [1.29, 1.82) is 0 Å². The molecule has 0 saturated carbocycles. The lowest BCUT2D eigenvalue weighted by atomic mass is 9.98. The van der Waals surface area contributed by atoms with Gasteiger partial charge in [0.2, 0.25) is 11.8 Å². The quantitative estimate of drug-likeness (QED) is 0.380. The van der Waals surface area contributed by atoms with Crippen LogP contribution in [0.2, 0.25) is 0 Å². The molecule has 4 aliphatic heterocycles. The molecule has 4 saturated heterocycles. The topological polar surface area (TPSA) is 119 Å². The van der Waals surface area contributed by atoms with Gasteiger partial charge in [0.15, 0.2) is 0 Å². The third kappa shape index (κ3) is 2.89. The number of β-lactam (4-membered cyclic amide) rings is 2. The Hall–Kier alpha value is -1.46. The Morgan fingerprint density at radius 2 is 1.29 bits per heavy atom. The number of fused-ring (bicyclic) bond motifs is 2. The molecule has 0 aromatic rings. The van der Waals surface area contributed by atoms with Gasteiger partial charge >= 0.3 is 18.4 Å². The Morgan fingerprint density at radius 1 is 0.929 bits per heavy atom. The summed E-state index contributed by atoms with van der Waals surface area (Å²) in [6.45, 7) is 7.45. The molecule has 2 amide bonds. The molecule has 2 N–H and O–H groups in total. The number of nitrogens with two attached hydrogens (primary N) is 1. The van der Waals surface area contributed by atoms with Crippen molar-refractivity contribution in [2.75, 3.05) is 0 Å². The number of thioether (sulfide) groups is 2. The standard InChI is InChI=1S/C17H23N3O6S2/c1-16(2)11(19-7(21)5-9(19)27-16)13(23)25-15(18)26-14(24)12-17(3,4)28-10-6-8(22)20(10)12/h9-12,15H,5-6,18H2,1-4H3/t9-,10-,11+,12+/m1/s1. The van der Waals surface area contributed by atoms with Crippen molar-refractivity contribution in [2.24, 2.45) is 5.73 Å². The number of amides is 2. The van der Waals surface area contributed by atoms with Gasteiger partial charge in [-0.3, -0.25) is 15.3 Å². The fourth-order valence-electron chi connectivity index (χ4n) is 4.30. The van der Waals surface area contributed by atoms with Gasteiger partial charge in [-0.15, -0.1) is 23.5 Å². The molecule has 0 aliphatic carbocycles. The van der Waals surface area contributed by atoms with Gasteiger partial charge in [0, 0.05) is 9.49 Å². The predicted molar refractivity (Wildman–Crippen MR) is 102 cm³/mol. The van der Waals surface area contributed by atoms with Crippen molar-refractivity contribution in [2.45, 2.75) is 79.3 Å². The average molecular weight is 430 g/mol. The molecule has 0 unspecified atom stereocenters. The van der Waals surface area contributed by atoms with Crippen molar-refractivity contribution in [3.8, 4) is 0 Å². The minimum atomic E-state index is -1.60. The molecule has 4 atom stereocenters. The van der Waals surface area contributed by atoms with Gasteiger partial charge in [0.1, 0.15) is 12.1 Å². The second-order valence-corrected chi connectivity index (χ2v) is 12.1. The summed E-state index contributed by atoms with van der Waals surface area (Å²) < 4.78 is 9.25. The molecule has 0 spiro atoms. The highest BCUT2D eigenvalue weighted by atomic mass is 32.2. The molecule has 0 radical (unpaired) electrons. The molecule has 28 heavy (non-hydrogen) atoms. The molecule has 4 fully saturated rings. The highest BCUT2D eigenvalue weighted by Gasteiger charge is 2.60. The average Bonchev–Trinajstić information content (AvgIpc) is 2.90. The first-order valence-corrected chi connectivity index (χ1v) is 10.8. The molecule has 4 aliphatic rings. The lowest BCUT2D eigenvalue weighted by Gasteiger charge is -2.38. The van der Waals surface area contributed by atoms with Crippen LogP contribution in [0.5, 0.6) is 0 Å². The number of hydrogen-bond acceptors (Lipinski definition) is 9. The highest BCUT2D eigenvalue weighted by Crippen LogP contribution is 2.52. The van der Waals surface area contributed by atoms with Gasteiger partial charge in [-0.25, -0.2) is 9.59 Å². The van der Waals surface area contributed by atoms with Crippen LogP contribution in [-0.2, 0) is 28.7 Å². The smallest absolute Gasteiger partial charge is 0.334 e. The summed E-state index contributed by atoms with van der Waals surface area (Å²) in [4.78, 5) is 52.0. The number of ether oxygens (including phenoxy) is 2. The van der Waals surface area contributed by atoms with Gasteiger partial charge in [-0.05, 0) is 27.7 Å². The van der Waals surface area contributed by atoms with E-state index in [-0.39, 0.29) is 22.6 Å². The van der Waals surface area contributed by atoms with E-state index < -0.39 is 39.9 Å². The maximum absolute atomic E-state index is 12.6. The Kier molecular flexibility index (Phi) is 4.44. The second kappa shape index (κ2) is 6.27. The van der Waals surface area contributed by atoms with E-state index in [0.717, 1.165) is 0 Å². The van der Waals surface area contributed by atoms with Crippen molar-refractivity contribution >= 4 is 47.3 Å². The van der Waals surface area contributed by atoms with Gasteiger partial charge in [0.25, 0.3) is 0 Å². The van der Waals surface area contributed by atoms with Crippen LogP contribution in [0.4, 0.5) is 0 Å². The molecule has 9 nitrogen and oxygen atoms in total.